The van der Waals surface area contributed by atoms with Crippen LogP contribution >= 0.6 is 11.8 Å². The molecule has 0 bridgehead atoms. The van der Waals surface area contributed by atoms with E-state index in [2.05, 4.69) is 26.7 Å². The molecule has 0 saturated heterocycles. The zero-order valence-corrected chi connectivity index (χ0v) is 18.9. The van der Waals surface area contributed by atoms with Gasteiger partial charge in [-0.25, -0.2) is 13.4 Å². The molecule has 4 aromatic rings. The number of anilines is 1. The molecule has 4 rings (SSSR count). The first-order chi connectivity index (χ1) is 14.9. The van der Waals surface area contributed by atoms with E-state index in [1.54, 1.807) is 40.5 Å². The lowest BCUT2D eigenvalue weighted by Gasteiger charge is -2.12. The van der Waals surface area contributed by atoms with Gasteiger partial charge in [-0.15, -0.1) is 0 Å². The molecule has 0 aliphatic rings. The number of nitrogens with one attached hydrogen (secondary N) is 1. The second-order valence-corrected chi connectivity index (χ2v) is 9.46. The topological polar surface area (TPSA) is 98.5 Å². The van der Waals surface area contributed by atoms with Crippen molar-refractivity contribution >= 4 is 33.3 Å². The standard InChI is InChI=1S/C21H21N5O3S2/c1-4-19-14(2)24-21-22-13-23-26(21)20(19)30-17-9-5-15(6-10-17)25-31(27,28)18-11-7-16(29-3)8-12-18/h5-13,25H,4H2,1-3H3. The summed E-state index contributed by atoms with van der Waals surface area (Å²) in [6, 6.07) is 13.5. The molecule has 1 N–H and O–H groups in total. The first kappa shape index (κ1) is 21.1. The fraction of sp³-hybridized carbons (Fsp3) is 0.190. The van der Waals surface area contributed by atoms with E-state index in [-0.39, 0.29) is 4.90 Å². The predicted molar refractivity (Wildman–Crippen MR) is 119 cm³/mol. The van der Waals surface area contributed by atoms with Gasteiger partial charge in [-0.2, -0.15) is 14.6 Å². The number of benzene rings is 2. The van der Waals surface area contributed by atoms with E-state index < -0.39 is 10.0 Å². The minimum atomic E-state index is -3.69. The summed E-state index contributed by atoms with van der Waals surface area (Å²) in [7, 11) is -2.16. The fourth-order valence-corrected chi connectivity index (χ4v) is 5.32. The molecule has 2 aromatic heterocycles. The lowest BCUT2D eigenvalue weighted by molar-refractivity contribution is 0.414. The monoisotopic (exact) mass is 455 g/mol. The summed E-state index contributed by atoms with van der Waals surface area (Å²) in [6.07, 6.45) is 2.30. The van der Waals surface area contributed by atoms with E-state index in [4.69, 9.17) is 4.74 Å². The molecule has 0 fully saturated rings. The van der Waals surface area contributed by atoms with E-state index in [0.717, 1.165) is 27.6 Å². The van der Waals surface area contributed by atoms with Gasteiger partial charge in [-0.1, -0.05) is 18.7 Å². The highest BCUT2D eigenvalue weighted by Crippen LogP contribution is 2.32. The van der Waals surface area contributed by atoms with Gasteiger partial charge in [0.2, 0.25) is 0 Å². The Morgan fingerprint density at radius 3 is 2.45 bits per heavy atom. The largest absolute Gasteiger partial charge is 0.497 e. The highest BCUT2D eigenvalue weighted by molar-refractivity contribution is 7.99. The summed E-state index contributed by atoms with van der Waals surface area (Å²) in [5.74, 6) is 1.15. The smallest absolute Gasteiger partial charge is 0.261 e. The average Bonchev–Trinajstić information content (AvgIpc) is 3.23. The molecule has 0 aliphatic carbocycles. The molecule has 31 heavy (non-hydrogen) atoms. The van der Waals surface area contributed by atoms with Crippen LogP contribution in [0.2, 0.25) is 0 Å². The maximum Gasteiger partial charge on any atom is 0.261 e. The summed E-state index contributed by atoms with van der Waals surface area (Å²) in [4.78, 5) is 9.80. The first-order valence-corrected chi connectivity index (χ1v) is 11.8. The molecular weight excluding hydrogens is 434 g/mol. The van der Waals surface area contributed by atoms with Gasteiger partial charge in [0.05, 0.1) is 12.0 Å². The fourth-order valence-electron chi connectivity index (χ4n) is 3.14. The van der Waals surface area contributed by atoms with Crippen molar-refractivity contribution in [1.82, 2.24) is 19.6 Å². The van der Waals surface area contributed by atoms with Gasteiger partial charge < -0.3 is 4.74 Å². The number of hydrogen-bond donors (Lipinski definition) is 1. The molecular formula is C21H21N5O3S2. The van der Waals surface area contributed by atoms with Crippen LogP contribution in [0.25, 0.3) is 5.78 Å². The number of hydrogen-bond acceptors (Lipinski definition) is 7. The van der Waals surface area contributed by atoms with Crippen molar-refractivity contribution in [3.63, 3.8) is 0 Å². The molecule has 0 spiro atoms. The number of nitrogens with zero attached hydrogens (tertiary/aromatic N) is 4. The summed E-state index contributed by atoms with van der Waals surface area (Å²) in [6.45, 7) is 4.04. The SMILES string of the molecule is CCc1c(C)nc2ncnn2c1Sc1ccc(NS(=O)(=O)c2ccc(OC)cc2)cc1. The van der Waals surface area contributed by atoms with Gasteiger partial charge in [-0.3, -0.25) is 4.72 Å². The maximum atomic E-state index is 12.6. The number of aromatic nitrogens is 4. The number of aryl methyl sites for hydroxylation is 1. The predicted octanol–water partition coefficient (Wildman–Crippen LogP) is 3.96. The van der Waals surface area contributed by atoms with Crippen molar-refractivity contribution in [2.75, 3.05) is 11.8 Å². The van der Waals surface area contributed by atoms with Crippen molar-refractivity contribution in [2.45, 2.75) is 35.1 Å². The Morgan fingerprint density at radius 2 is 1.81 bits per heavy atom. The zero-order valence-electron chi connectivity index (χ0n) is 17.2. The Hall–Kier alpha value is -3.11. The minimum Gasteiger partial charge on any atom is -0.497 e. The molecule has 2 heterocycles. The molecule has 160 valence electrons. The van der Waals surface area contributed by atoms with Crippen LogP contribution in [0.5, 0.6) is 5.75 Å². The van der Waals surface area contributed by atoms with Gasteiger partial charge in [0.1, 0.15) is 17.1 Å². The highest BCUT2D eigenvalue weighted by atomic mass is 32.2. The minimum absolute atomic E-state index is 0.167. The van der Waals surface area contributed by atoms with Crippen LogP contribution in [0, 0.1) is 6.92 Å². The lowest BCUT2D eigenvalue weighted by Crippen LogP contribution is -2.12. The second kappa shape index (κ2) is 8.56. The van der Waals surface area contributed by atoms with Crippen molar-refractivity contribution in [3.8, 4) is 5.75 Å². The van der Waals surface area contributed by atoms with Crippen LogP contribution in [0.4, 0.5) is 5.69 Å². The number of ether oxygens (including phenoxy) is 1. The number of rotatable bonds is 7. The van der Waals surface area contributed by atoms with Gasteiger partial charge in [0.15, 0.2) is 0 Å². The third-order valence-corrected chi connectivity index (χ3v) is 7.25. The number of fused-ring (bicyclic) bond motifs is 1. The van der Waals surface area contributed by atoms with Crippen molar-refractivity contribution in [2.24, 2.45) is 0 Å². The first-order valence-electron chi connectivity index (χ1n) is 9.55. The van der Waals surface area contributed by atoms with Gasteiger partial charge >= 0.3 is 0 Å². The van der Waals surface area contributed by atoms with Crippen molar-refractivity contribution < 1.29 is 13.2 Å². The summed E-state index contributed by atoms with van der Waals surface area (Å²) in [5, 5.41) is 5.25. The van der Waals surface area contributed by atoms with E-state index in [9.17, 15) is 8.42 Å². The van der Waals surface area contributed by atoms with Gasteiger partial charge in [0, 0.05) is 21.8 Å². The summed E-state index contributed by atoms with van der Waals surface area (Å²) < 4.78 is 34.7. The Balaban J connectivity index is 1.56. The quantitative estimate of drug-likeness (QED) is 0.421. The molecule has 0 amide bonds. The Kier molecular flexibility index (Phi) is 5.84. The highest BCUT2D eigenvalue weighted by Gasteiger charge is 2.16. The zero-order chi connectivity index (χ0) is 22.0. The van der Waals surface area contributed by atoms with Crippen LogP contribution in [0.15, 0.2) is 69.7 Å². The Labute approximate surface area is 184 Å². The molecule has 0 saturated carbocycles. The Bertz CT molecular complexity index is 1320. The third-order valence-electron chi connectivity index (χ3n) is 4.73. The van der Waals surface area contributed by atoms with Crippen LogP contribution in [-0.2, 0) is 16.4 Å². The van der Waals surface area contributed by atoms with Crippen molar-refractivity contribution in [3.05, 3.63) is 66.1 Å². The molecule has 0 atom stereocenters. The number of sulfonamides is 1. The van der Waals surface area contributed by atoms with E-state index >= 15 is 0 Å². The third kappa shape index (κ3) is 4.35. The average molecular weight is 456 g/mol. The van der Waals surface area contributed by atoms with Gasteiger partial charge in [-0.05, 0) is 61.9 Å². The molecule has 0 unspecified atom stereocenters. The van der Waals surface area contributed by atoms with Crippen LogP contribution in [0.3, 0.4) is 0 Å². The van der Waals surface area contributed by atoms with Gasteiger partial charge in [0.25, 0.3) is 15.8 Å². The van der Waals surface area contributed by atoms with Crippen molar-refractivity contribution in [1.29, 1.82) is 0 Å². The second-order valence-electron chi connectivity index (χ2n) is 6.71. The summed E-state index contributed by atoms with van der Waals surface area (Å²) >= 11 is 1.54. The normalized spacial score (nSPS) is 11.6. The van der Waals surface area contributed by atoms with E-state index in [1.807, 2.05) is 19.1 Å². The number of methoxy groups -OCH3 is 1. The van der Waals surface area contributed by atoms with E-state index in [1.165, 1.54) is 25.6 Å². The molecule has 8 nitrogen and oxygen atoms in total. The van der Waals surface area contributed by atoms with Crippen LogP contribution < -0.4 is 9.46 Å². The Morgan fingerprint density at radius 1 is 1.10 bits per heavy atom. The van der Waals surface area contributed by atoms with Crippen LogP contribution in [-0.4, -0.2) is 35.1 Å². The maximum absolute atomic E-state index is 12.6. The molecule has 10 heteroatoms. The molecule has 2 aromatic carbocycles. The van der Waals surface area contributed by atoms with Crippen LogP contribution in [0.1, 0.15) is 18.2 Å². The lowest BCUT2D eigenvalue weighted by atomic mass is 10.2. The molecule has 0 radical (unpaired) electrons. The molecule has 0 aliphatic heterocycles. The van der Waals surface area contributed by atoms with E-state index in [0.29, 0.717) is 17.2 Å². The summed E-state index contributed by atoms with van der Waals surface area (Å²) in [5.41, 5.74) is 2.51.